The monoisotopic (exact) mass is 343 g/mol. The summed E-state index contributed by atoms with van der Waals surface area (Å²) in [6, 6.07) is 5.12. The Balaban J connectivity index is 0.00000264. The third-order valence-corrected chi connectivity index (χ3v) is 3.77. The summed E-state index contributed by atoms with van der Waals surface area (Å²) in [6.07, 6.45) is 0. The topological polar surface area (TPSA) is 61.4 Å². The Morgan fingerprint density at radius 2 is 1.83 bits per heavy atom. The summed E-state index contributed by atoms with van der Waals surface area (Å²) in [4.78, 5) is 26.6. The molecule has 1 aliphatic rings. The van der Waals surface area contributed by atoms with Crippen LogP contribution in [0.15, 0.2) is 24.3 Å². The highest BCUT2D eigenvalue weighted by atomic mass is 35.5. The molecule has 2 amide bonds. The maximum atomic E-state index is 13.7. The van der Waals surface area contributed by atoms with Crippen LogP contribution < -0.4 is 10.6 Å². The molecule has 7 heteroatoms. The number of hydrogen-bond donors (Lipinski definition) is 2. The number of carbonyl (C=O) groups excluding carboxylic acids is 2. The van der Waals surface area contributed by atoms with E-state index in [9.17, 15) is 14.0 Å². The number of hydrogen-bond acceptors (Lipinski definition) is 3. The van der Waals surface area contributed by atoms with Gasteiger partial charge in [0.1, 0.15) is 11.9 Å². The highest BCUT2D eigenvalue weighted by molar-refractivity contribution is 5.97. The molecule has 1 aliphatic heterocycles. The van der Waals surface area contributed by atoms with E-state index in [1.807, 2.05) is 13.8 Å². The third kappa shape index (κ3) is 4.91. The standard InChI is InChI=1S/C16H22FN3O2.ClH/c1-11(2)14(16(22)20-9-7-18-8-10-20)19-15(21)12-5-3-4-6-13(12)17;/h3-6,11,14,18H,7-10H2,1-2H3,(H,19,21);1H. The first kappa shape index (κ1) is 19.4. The zero-order valence-corrected chi connectivity index (χ0v) is 14.2. The van der Waals surface area contributed by atoms with E-state index in [1.54, 1.807) is 11.0 Å². The predicted molar refractivity (Wildman–Crippen MR) is 89.2 cm³/mol. The molecule has 1 aromatic rings. The number of rotatable bonds is 4. The summed E-state index contributed by atoms with van der Waals surface area (Å²) >= 11 is 0. The Labute approximate surface area is 142 Å². The van der Waals surface area contributed by atoms with Crippen molar-refractivity contribution in [2.45, 2.75) is 19.9 Å². The summed E-state index contributed by atoms with van der Waals surface area (Å²) in [5.41, 5.74) is -0.0405. The zero-order valence-electron chi connectivity index (χ0n) is 13.3. The van der Waals surface area contributed by atoms with Gasteiger partial charge in [-0.25, -0.2) is 4.39 Å². The second-order valence-corrected chi connectivity index (χ2v) is 5.75. The molecule has 23 heavy (non-hydrogen) atoms. The molecule has 1 unspecified atom stereocenters. The van der Waals surface area contributed by atoms with Crippen LogP contribution in [0.4, 0.5) is 4.39 Å². The second-order valence-electron chi connectivity index (χ2n) is 5.75. The lowest BCUT2D eigenvalue weighted by atomic mass is 10.0. The van der Waals surface area contributed by atoms with Gasteiger partial charge in [-0.3, -0.25) is 9.59 Å². The van der Waals surface area contributed by atoms with Crippen LogP contribution in [0.2, 0.25) is 0 Å². The van der Waals surface area contributed by atoms with Gasteiger partial charge in [0.15, 0.2) is 0 Å². The summed E-state index contributed by atoms with van der Waals surface area (Å²) < 4.78 is 13.7. The molecule has 1 fully saturated rings. The largest absolute Gasteiger partial charge is 0.340 e. The molecule has 2 N–H and O–H groups in total. The Bertz CT molecular complexity index is 548. The Kier molecular flexibility index (Phi) is 7.45. The van der Waals surface area contributed by atoms with Crippen molar-refractivity contribution in [3.8, 4) is 0 Å². The summed E-state index contributed by atoms with van der Waals surface area (Å²) in [5.74, 6) is -1.32. The molecule has 0 bridgehead atoms. The van der Waals surface area contributed by atoms with Gasteiger partial charge in [0.25, 0.3) is 5.91 Å². The normalized spacial score (nSPS) is 15.7. The van der Waals surface area contributed by atoms with Gasteiger partial charge >= 0.3 is 0 Å². The number of carbonyl (C=O) groups is 2. The van der Waals surface area contributed by atoms with E-state index >= 15 is 0 Å². The smallest absolute Gasteiger partial charge is 0.254 e. The van der Waals surface area contributed by atoms with Crippen molar-refractivity contribution in [3.05, 3.63) is 35.6 Å². The van der Waals surface area contributed by atoms with Gasteiger partial charge < -0.3 is 15.5 Å². The van der Waals surface area contributed by atoms with Crippen molar-refractivity contribution in [2.24, 2.45) is 5.92 Å². The van der Waals surface area contributed by atoms with E-state index in [4.69, 9.17) is 0 Å². The van der Waals surface area contributed by atoms with Crippen molar-refractivity contribution in [3.63, 3.8) is 0 Å². The first-order valence-electron chi connectivity index (χ1n) is 7.55. The van der Waals surface area contributed by atoms with E-state index in [1.165, 1.54) is 18.2 Å². The van der Waals surface area contributed by atoms with Gasteiger partial charge in [0, 0.05) is 26.2 Å². The minimum absolute atomic E-state index is 0. The zero-order chi connectivity index (χ0) is 16.1. The average Bonchev–Trinajstić information content (AvgIpc) is 2.52. The Morgan fingerprint density at radius 1 is 1.22 bits per heavy atom. The van der Waals surface area contributed by atoms with Crippen molar-refractivity contribution >= 4 is 24.2 Å². The molecule has 1 saturated heterocycles. The molecule has 128 valence electrons. The lowest BCUT2D eigenvalue weighted by molar-refractivity contribution is -0.134. The Morgan fingerprint density at radius 3 is 2.39 bits per heavy atom. The minimum atomic E-state index is -0.648. The number of benzene rings is 1. The molecule has 0 aromatic heterocycles. The van der Waals surface area contributed by atoms with Crippen molar-refractivity contribution < 1.29 is 14.0 Å². The maximum absolute atomic E-state index is 13.7. The molecule has 0 spiro atoms. The van der Waals surface area contributed by atoms with Crippen LogP contribution in [0.25, 0.3) is 0 Å². The fraction of sp³-hybridized carbons (Fsp3) is 0.500. The number of halogens is 2. The quantitative estimate of drug-likeness (QED) is 0.869. The van der Waals surface area contributed by atoms with Gasteiger partial charge in [-0.2, -0.15) is 0 Å². The van der Waals surface area contributed by atoms with E-state index in [0.29, 0.717) is 13.1 Å². The molecule has 0 saturated carbocycles. The van der Waals surface area contributed by atoms with Crippen molar-refractivity contribution in [1.82, 2.24) is 15.5 Å². The summed E-state index contributed by atoms with van der Waals surface area (Å²) in [6.45, 7) is 6.48. The van der Waals surface area contributed by atoms with Crippen LogP contribution in [-0.2, 0) is 4.79 Å². The molecule has 0 radical (unpaired) electrons. The van der Waals surface area contributed by atoms with Gasteiger partial charge in [-0.1, -0.05) is 26.0 Å². The van der Waals surface area contributed by atoms with Crippen LogP contribution in [0, 0.1) is 11.7 Å². The number of piperazine rings is 1. The average molecular weight is 344 g/mol. The first-order chi connectivity index (χ1) is 10.5. The summed E-state index contributed by atoms with van der Waals surface area (Å²) in [7, 11) is 0. The number of amides is 2. The molecular weight excluding hydrogens is 321 g/mol. The van der Waals surface area contributed by atoms with Crippen molar-refractivity contribution in [2.75, 3.05) is 26.2 Å². The highest BCUT2D eigenvalue weighted by Crippen LogP contribution is 2.11. The van der Waals surface area contributed by atoms with Crippen LogP contribution in [0.3, 0.4) is 0 Å². The SMILES string of the molecule is CC(C)C(NC(=O)c1ccccc1F)C(=O)N1CCNCC1.Cl. The van der Waals surface area contributed by atoms with E-state index in [2.05, 4.69) is 10.6 Å². The first-order valence-corrected chi connectivity index (χ1v) is 7.55. The highest BCUT2D eigenvalue weighted by Gasteiger charge is 2.30. The van der Waals surface area contributed by atoms with Crippen LogP contribution >= 0.6 is 12.4 Å². The molecule has 0 aliphatic carbocycles. The van der Waals surface area contributed by atoms with Gasteiger partial charge in [0.05, 0.1) is 5.56 Å². The number of nitrogens with one attached hydrogen (secondary N) is 2. The fourth-order valence-electron chi connectivity index (χ4n) is 2.46. The molecule has 2 rings (SSSR count). The van der Waals surface area contributed by atoms with Crippen LogP contribution in [0.5, 0.6) is 0 Å². The van der Waals surface area contributed by atoms with Crippen LogP contribution in [-0.4, -0.2) is 48.9 Å². The molecule has 5 nitrogen and oxygen atoms in total. The third-order valence-electron chi connectivity index (χ3n) is 3.77. The fourth-order valence-corrected chi connectivity index (χ4v) is 2.46. The van der Waals surface area contributed by atoms with Gasteiger partial charge in [0.2, 0.25) is 5.91 Å². The predicted octanol–water partition coefficient (Wildman–Crippen LogP) is 1.43. The van der Waals surface area contributed by atoms with E-state index in [0.717, 1.165) is 13.1 Å². The molecule has 1 heterocycles. The van der Waals surface area contributed by atoms with E-state index < -0.39 is 17.8 Å². The van der Waals surface area contributed by atoms with Crippen molar-refractivity contribution in [1.29, 1.82) is 0 Å². The van der Waals surface area contributed by atoms with Gasteiger partial charge in [-0.15, -0.1) is 12.4 Å². The van der Waals surface area contributed by atoms with Crippen LogP contribution in [0.1, 0.15) is 24.2 Å². The van der Waals surface area contributed by atoms with E-state index in [-0.39, 0.29) is 29.8 Å². The minimum Gasteiger partial charge on any atom is -0.340 e. The molecule has 1 atom stereocenters. The molecule has 1 aromatic carbocycles. The Hall–Kier alpha value is -1.66. The second kappa shape index (κ2) is 8.84. The van der Waals surface area contributed by atoms with Gasteiger partial charge in [-0.05, 0) is 18.1 Å². The maximum Gasteiger partial charge on any atom is 0.254 e. The molecular formula is C16H23ClFN3O2. The lowest BCUT2D eigenvalue weighted by Crippen LogP contribution is -2.55. The number of nitrogens with zero attached hydrogens (tertiary/aromatic N) is 1. The summed E-state index contributed by atoms with van der Waals surface area (Å²) in [5, 5.41) is 5.86. The lowest BCUT2D eigenvalue weighted by Gasteiger charge is -2.32.